The molecule has 0 aromatic heterocycles. The van der Waals surface area contributed by atoms with Gasteiger partial charge in [-0.2, -0.15) is 0 Å². The molecule has 0 aliphatic carbocycles. The average Bonchev–Trinajstić information content (AvgIpc) is 2.10. The number of nitrogens with two attached hydrogens (primary N) is 1. The van der Waals surface area contributed by atoms with Gasteiger partial charge in [0.05, 0.1) is 0 Å². The molecule has 0 saturated heterocycles. The summed E-state index contributed by atoms with van der Waals surface area (Å²) in [6.45, 7) is 0.825. The van der Waals surface area contributed by atoms with Crippen molar-refractivity contribution in [2.45, 2.75) is 13.0 Å². The zero-order valence-corrected chi connectivity index (χ0v) is 8.16. The van der Waals surface area contributed by atoms with Crippen molar-refractivity contribution >= 4 is 5.91 Å². The Morgan fingerprint density at radius 1 is 1.47 bits per heavy atom. The third-order valence-electron chi connectivity index (χ3n) is 1.82. The molecule has 0 fully saturated rings. The molecule has 0 atom stereocenters. The Hall–Kier alpha value is -1.62. The van der Waals surface area contributed by atoms with Crippen LogP contribution >= 0.6 is 0 Å². The van der Waals surface area contributed by atoms with Gasteiger partial charge >= 0.3 is 0 Å². The summed E-state index contributed by atoms with van der Waals surface area (Å²) >= 11 is 0. The molecule has 0 radical (unpaired) electrons. The van der Waals surface area contributed by atoms with Gasteiger partial charge in [0.15, 0.2) is 0 Å². The van der Waals surface area contributed by atoms with E-state index in [0.29, 0.717) is 18.7 Å². The molecule has 82 valence electrons. The van der Waals surface area contributed by atoms with Crippen LogP contribution in [0.5, 0.6) is 5.75 Å². The third-order valence-corrected chi connectivity index (χ3v) is 1.82. The summed E-state index contributed by atoms with van der Waals surface area (Å²) in [5.74, 6) is -0.979. The fraction of sp³-hybridized carbons (Fsp3) is 0.300. The highest BCUT2D eigenvalue weighted by Crippen LogP contribution is 2.14. The SMILES string of the molecule is NC(=O)CCNCc1cc(O)cc(F)c1. The van der Waals surface area contributed by atoms with Crippen LogP contribution in [0.1, 0.15) is 12.0 Å². The van der Waals surface area contributed by atoms with Gasteiger partial charge in [0.25, 0.3) is 0 Å². The lowest BCUT2D eigenvalue weighted by Gasteiger charge is -2.04. The van der Waals surface area contributed by atoms with E-state index in [1.165, 1.54) is 12.1 Å². The Morgan fingerprint density at radius 3 is 2.80 bits per heavy atom. The van der Waals surface area contributed by atoms with E-state index in [9.17, 15) is 9.18 Å². The summed E-state index contributed by atoms with van der Waals surface area (Å²) < 4.78 is 12.8. The lowest BCUT2D eigenvalue weighted by Crippen LogP contribution is -2.21. The van der Waals surface area contributed by atoms with Crippen molar-refractivity contribution < 1.29 is 14.3 Å². The number of primary amides is 1. The maximum absolute atomic E-state index is 12.8. The Kier molecular flexibility index (Phi) is 4.05. The number of benzene rings is 1. The van der Waals surface area contributed by atoms with E-state index < -0.39 is 5.82 Å². The van der Waals surface area contributed by atoms with Crippen LogP contribution in [-0.2, 0) is 11.3 Å². The summed E-state index contributed by atoms with van der Waals surface area (Å²) in [7, 11) is 0. The molecule has 5 heteroatoms. The van der Waals surface area contributed by atoms with Gasteiger partial charge in [-0.25, -0.2) is 4.39 Å². The van der Waals surface area contributed by atoms with E-state index in [2.05, 4.69) is 5.32 Å². The van der Waals surface area contributed by atoms with Gasteiger partial charge in [-0.3, -0.25) is 4.79 Å². The Morgan fingerprint density at radius 2 is 2.20 bits per heavy atom. The van der Waals surface area contributed by atoms with E-state index in [1.54, 1.807) is 0 Å². The fourth-order valence-corrected chi connectivity index (χ4v) is 1.18. The summed E-state index contributed by atoms with van der Waals surface area (Å²) in [5.41, 5.74) is 5.56. The maximum atomic E-state index is 12.8. The van der Waals surface area contributed by atoms with Gasteiger partial charge in [0.1, 0.15) is 11.6 Å². The number of amides is 1. The predicted molar refractivity (Wildman–Crippen MR) is 53.6 cm³/mol. The topological polar surface area (TPSA) is 75.4 Å². The molecule has 0 saturated carbocycles. The predicted octanol–water partition coefficient (Wildman–Crippen LogP) is 0.496. The summed E-state index contributed by atoms with van der Waals surface area (Å²) in [6.07, 6.45) is 0.237. The summed E-state index contributed by atoms with van der Waals surface area (Å²) in [5, 5.41) is 12.0. The minimum atomic E-state index is -0.485. The fourth-order valence-electron chi connectivity index (χ4n) is 1.18. The standard InChI is InChI=1S/C10H13FN2O2/c11-8-3-7(4-9(14)5-8)6-13-2-1-10(12)15/h3-5,13-14H,1-2,6H2,(H2,12,15). The zero-order valence-electron chi connectivity index (χ0n) is 8.16. The lowest BCUT2D eigenvalue weighted by atomic mass is 10.2. The number of aromatic hydroxyl groups is 1. The van der Waals surface area contributed by atoms with Crippen LogP contribution < -0.4 is 11.1 Å². The number of hydrogen-bond donors (Lipinski definition) is 3. The molecule has 0 unspecified atom stereocenters. The maximum Gasteiger partial charge on any atom is 0.218 e. The molecule has 1 aromatic rings. The molecule has 0 bridgehead atoms. The van der Waals surface area contributed by atoms with Crippen molar-refractivity contribution in [1.29, 1.82) is 0 Å². The van der Waals surface area contributed by atoms with Crippen LogP contribution in [0.3, 0.4) is 0 Å². The molecular weight excluding hydrogens is 199 g/mol. The van der Waals surface area contributed by atoms with Crippen LogP contribution in [0.2, 0.25) is 0 Å². The second-order valence-electron chi connectivity index (χ2n) is 3.21. The van der Waals surface area contributed by atoms with Crippen molar-refractivity contribution in [3.63, 3.8) is 0 Å². The molecule has 0 aliphatic heterocycles. The second kappa shape index (κ2) is 5.31. The van der Waals surface area contributed by atoms with Gasteiger partial charge in [-0.1, -0.05) is 0 Å². The molecule has 15 heavy (non-hydrogen) atoms. The summed E-state index contributed by atoms with van der Waals surface area (Å²) in [4.78, 5) is 10.4. The average molecular weight is 212 g/mol. The monoisotopic (exact) mass is 212 g/mol. The number of nitrogens with one attached hydrogen (secondary N) is 1. The first-order valence-corrected chi connectivity index (χ1v) is 4.55. The van der Waals surface area contributed by atoms with Crippen LogP contribution in [0.25, 0.3) is 0 Å². The number of carbonyl (C=O) groups excluding carboxylic acids is 1. The van der Waals surface area contributed by atoms with Gasteiger partial charge in [0.2, 0.25) is 5.91 Å². The van der Waals surface area contributed by atoms with Crippen LogP contribution in [0.4, 0.5) is 4.39 Å². The highest BCUT2D eigenvalue weighted by Gasteiger charge is 2.00. The van der Waals surface area contributed by atoms with Gasteiger partial charge in [-0.15, -0.1) is 0 Å². The molecule has 4 N–H and O–H groups in total. The molecule has 1 rings (SSSR count). The van der Waals surface area contributed by atoms with Crippen molar-refractivity contribution in [2.75, 3.05) is 6.54 Å². The second-order valence-corrected chi connectivity index (χ2v) is 3.21. The largest absolute Gasteiger partial charge is 0.508 e. The summed E-state index contributed by atoms with van der Waals surface area (Å²) in [6, 6.07) is 3.81. The van der Waals surface area contributed by atoms with E-state index in [4.69, 9.17) is 10.8 Å². The number of carbonyl (C=O) groups is 1. The molecule has 4 nitrogen and oxygen atoms in total. The molecule has 0 heterocycles. The van der Waals surface area contributed by atoms with Crippen molar-refractivity contribution in [3.05, 3.63) is 29.6 Å². The van der Waals surface area contributed by atoms with Crippen LogP contribution in [-0.4, -0.2) is 17.6 Å². The molecule has 0 aliphatic rings. The lowest BCUT2D eigenvalue weighted by molar-refractivity contribution is -0.117. The minimum absolute atomic E-state index is 0.110. The van der Waals surface area contributed by atoms with E-state index >= 15 is 0 Å². The minimum Gasteiger partial charge on any atom is -0.508 e. The van der Waals surface area contributed by atoms with Crippen molar-refractivity contribution in [1.82, 2.24) is 5.32 Å². The van der Waals surface area contributed by atoms with Gasteiger partial charge in [0, 0.05) is 25.6 Å². The number of phenols is 1. The Balaban J connectivity index is 2.40. The third kappa shape index (κ3) is 4.42. The van der Waals surface area contributed by atoms with E-state index in [-0.39, 0.29) is 18.1 Å². The molecular formula is C10H13FN2O2. The highest BCUT2D eigenvalue weighted by molar-refractivity contribution is 5.73. The highest BCUT2D eigenvalue weighted by atomic mass is 19.1. The normalized spacial score (nSPS) is 10.2. The first-order valence-electron chi connectivity index (χ1n) is 4.55. The van der Waals surface area contributed by atoms with Crippen LogP contribution in [0, 0.1) is 5.82 Å². The smallest absolute Gasteiger partial charge is 0.218 e. The zero-order chi connectivity index (χ0) is 11.3. The number of rotatable bonds is 5. The number of hydrogen-bond acceptors (Lipinski definition) is 3. The van der Waals surface area contributed by atoms with Crippen LogP contribution in [0.15, 0.2) is 18.2 Å². The Labute approximate surface area is 86.9 Å². The number of halogens is 1. The quantitative estimate of drug-likeness (QED) is 0.622. The van der Waals surface area contributed by atoms with Gasteiger partial charge < -0.3 is 16.2 Å². The molecule has 1 aromatic carbocycles. The molecule has 1 amide bonds. The molecule has 0 spiro atoms. The number of phenolic OH excluding ortho intramolecular Hbond substituents is 1. The van der Waals surface area contributed by atoms with Gasteiger partial charge in [-0.05, 0) is 17.7 Å². The first kappa shape index (κ1) is 11.5. The van der Waals surface area contributed by atoms with Crippen molar-refractivity contribution in [2.24, 2.45) is 5.73 Å². The Bertz CT molecular complexity index is 335. The van der Waals surface area contributed by atoms with E-state index in [0.717, 1.165) is 6.07 Å². The van der Waals surface area contributed by atoms with E-state index in [1.807, 2.05) is 0 Å². The van der Waals surface area contributed by atoms with Crippen molar-refractivity contribution in [3.8, 4) is 5.75 Å². The first-order chi connectivity index (χ1) is 7.08.